The van der Waals surface area contributed by atoms with E-state index in [0.717, 1.165) is 43.1 Å². The van der Waals surface area contributed by atoms with Gasteiger partial charge >= 0.3 is 6.18 Å². The van der Waals surface area contributed by atoms with Crippen LogP contribution >= 0.6 is 0 Å². The van der Waals surface area contributed by atoms with Crippen molar-refractivity contribution in [2.24, 2.45) is 5.92 Å². The van der Waals surface area contributed by atoms with Crippen molar-refractivity contribution in [2.75, 3.05) is 52.3 Å². The first-order valence-electron chi connectivity index (χ1n) is 15.1. The number of nitrogens with zero attached hydrogens (tertiary/aromatic N) is 3. The molecule has 249 valence electrons. The van der Waals surface area contributed by atoms with E-state index in [4.69, 9.17) is 9.47 Å². The SMILES string of the molecule is CNC(=O)c1cc(OC)c(NCC#Cc2cc(C(=O)N[C@]3([Si])CCN(C4CCOC4)C[C@@H]3C)c3ncn(CC(F)(F)F)c3c2)cc1F. The molecule has 47 heavy (non-hydrogen) atoms. The van der Waals surface area contributed by atoms with E-state index < -0.39 is 35.5 Å². The van der Waals surface area contributed by atoms with E-state index in [9.17, 15) is 27.2 Å². The van der Waals surface area contributed by atoms with Crippen LogP contribution in [0.3, 0.4) is 0 Å². The van der Waals surface area contributed by atoms with Crippen LogP contribution in [0.5, 0.6) is 5.75 Å². The summed E-state index contributed by atoms with van der Waals surface area (Å²) < 4.78 is 66.5. The third kappa shape index (κ3) is 7.72. The molecule has 0 saturated carbocycles. The monoisotopic (exact) mass is 671 g/mol. The molecule has 0 aliphatic carbocycles. The number of fused-ring (bicyclic) bond motifs is 1. The van der Waals surface area contributed by atoms with E-state index in [2.05, 4.69) is 47.9 Å². The van der Waals surface area contributed by atoms with E-state index >= 15 is 0 Å². The molecule has 0 bridgehead atoms. The number of ether oxygens (including phenoxy) is 2. The fourth-order valence-corrected chi connectivity index (χ4v) is 6.26. The van der Waals surface area contributed by atoms with Crippen LogP contribution in [-0.2, 0) is 11.3 Å². The molecule has 3 radical (unpaired) electrons. The molecule has 2 aliphatic rings. The zero-order valence-corrected chi connectivity index (χ0v) is 27.2. The van der Waals surface area contributed by atoms with Crippen LogP contribution in [0.2, 0.25) is 0 Å². The van der Waals surface area contributed by atoms with Gasteiger partial charge in [-0.1, -0.05) is 18.8 Å². The number of carbonyl (C=O) groups excluding carboxylic acids is 2. The first-order valence-corrected chi connectivity index (χ1v) is 15.6. The van der Waals surface area contributed by atoms with Gasteiger partial charge in [-0.3, -0.25) is 14.5 Å². The van der Waals surface area contributed by atoms with Gasteiger partial charge in [0.2, 0.25) is 0 Å². The van der Waals surface area contributed by atoms with Gasteiger partial charge in [0.15, 0.2) is 0 Å². The average molecular weight is 672 g/mol. The molecule has 1 unspecified atom stereocenters. The number of hydrogen-bond acceptors (Lipinski definition) is 7. The third-order valence-corrected chi connectivity index (χ3v) is 9.45. The smallest absolute Gasteiger partial charge is 0.406 e. The summed E-state index contributed by atoms with van der Waals surface area (Å²) in [4.78, 5) is 32.3. The number of hydrogen-bond donors (Lipinski definition) is 3. The number of imidazole rings is 1. The van der Waals surface area contributed by atoms with Crippen LogP contribution in [-0.4, -0.2) is 101 Å². The number of benzene rings is 2. The van der Waals surface area contributed by atoms with Gasteiger partial charge in [0, 0.05) is 49.6 Å². The van der Waals surface area contributed by atoms with E-state index in [0.29, 0.717) is 19.1 Å². The van der Waals surface area contributed by atoms with Crippen molar-refractivity contribution in [1.82, 2.24) is 25.1 Å². The summed E-state index contributed by atoms with van der Waals surface area (Å²) in [6, 6.07) is 5.66. The van der Waals surface area contributed by atoms with Crippen LogP contribution in [0.15, 0.2) is 30.6 Å². The number of piperidine rings is 1. The molecular weight excluding hydrogens is 636 g/mol. The van der Waals surface area contributed by atoms with Crippen LogP contribution in [0, 0.1) is 23.6 Å². The largest absolute Gasteiger partial charge is 0.495 e. The van der Waals surface area contributed by atoms with Crippen molar-refractivity contribution in [1.29, 1.82) is 0 Å². The molecule has 0 spiro atoms. The predicted octanol–water partition coefficient (Wildman–Crippen LogP) is 3.29. The number of alkyl halides is 3. The van der Waals surface area contributed by atoms with Crippen molar-refractivity contribution in [3.63, 3.8) is 0 Å². The van der Waals surface area contributed by atoms with Crippen molar-refractivity contribution in [3.05, 3.63) is 53.1 Å². The highest BCUT2D eigenvalue weighted by Crippen LogP contribution is 2.31. The second-order valence-electron chi connectivity index (χ2n) is 11.7. The number of anilines is 1. The topological polar surface area (TPSA) is 110 Å². The molecule has 2 saturated heterocycles. The molecule has 3 aromatic rings. The summed E-state index contributed by atoms with van der Waals surface area (Å²) in [7, 11) is 6.59. The Bertz CT molecular complexity index is 1720. The highest BCUT2D eigenvalue weighted by atomic mass is 28.1. The maximum absolute atomic E-state index is 14.6. The summed E-state index contributed by atoms with van der Waals surface area (Å²) >= 11 is 0. The highest BCUT2D eigenvalue weighted by molar-refractivity contribution is 6.18. The zero-order chi connectivity index (χ0) is 33.9. The van der Waals surface area contributed by atoms with Crippen molar-refractivity contribution < 1.29 is 36.6 Å². The number of halogens is 4. The van der Waals surface area contributed by atoms with Crippen LogP contribution in [0.4, 0.5) is 23.2 Å². The lowest BCUT2D eigenvalue weighted by Gasteiger charge is -2.46. The molecule has 3 atom stereocenters. The van der Waals surface area contributed by atoms with Gasteiger partial charge in [-0.2, -0.15) is 13.2 Å². The number of nitrogens with one attached hydrogen (secondary N) is 3. The number of likely N-dealkylation sites (tertiary alicyclic amines) is 1. The molecule has 5 rings (SSSR count). The van der Waals surface area contributed by atoms with E-state index in [-0.39, 0.29) is 51.6 Å². The summed E-state index contributed by atoms with van der Waals surface area (Å²) in [5.41, 5.74) is 0.653. The van der Waals surface area contributed by atoms with E-state index in [1.807, 2.05) is 6.92 Å². The molecule has 10 nitrogen and oxygen atoms in total. The summed E-state index contributed by atoms with van der Waals surface area (Å²) in [5, 5.41) is 7.61. The zero-order valence-electron chi connectivity index (χ0n) is 26.2. The molecule has 2 fully saturated rings. The Morgan fingerprint density at radius 3 is 2.66 bits per heavy atom. The Morgan fingerprint density at radius 1 is 1.21 bits per heavy atom. The first-order chi connectivity index (χ1) is 22.3. The van der Waals surface area contributed by atoms with E-state index in [1.165, 1.54) is 32.4 Å². The fourth-order valence-electron chi connectivity index (χ4n) is 5.95. The van der Waals surface area contributed by atoms with Gasteiger partial charge in [0.05, 0.1) is 59.2 Å². The third-order valence-electron chi connectivity index (χ3n) is 8.58. The van der Waals surface area contributed by atoms with Gasteiger partial charge in [-0.15, -0.1) is 0 Å². The first kappa shape index (κ1) is 34.2. The standard InChI is InChI=1S/C32H35F4N6O4Si/c1-19-15-41(21-6-10-46-16-21)9-7-31(19,47)40-30(44)23-11-20(12-26-28(23)39-18-42(26)17-32(34,35)36)5-4-8-38-25-14-24(33)22(29(43)37-2)13-27(25)45-3/h11-14,18-19,21,38H,6-10,15-17H2,1-3H3,(H,37,43)(H,40,44)/t19-,21?,31-/m0/s1. The Morgan fingerprint density at radius 2 is 2.00 bits per heavy atom. The molecule has 2 aromatic carbocycles. The Hall–Kier alpha value is -4.13. The summed E-state index contributed by atoms with van der Waals surface area (Å²) in [5.74, 6) is 4.09. The van der Waals surface area contributed by atoms with Crippen LogP contribution < -0.4 is 20.7 Å². The Balaban J connectivity index is 1.39. The van der Waals surface area contributed by atoms with Crippen molar-refractivity contribution >= 4 is 38.8 Å². The number of carbonyl (C=O) groups is 2. The molecular formula is C32H35F4N6O4Si. The van der Waals surface area contributed by atoms with Gasteiger partial charge in [0.1, 0.15) is 23.6 Å². The van der Waals surface area contributed by atoms with Gasteiger partial charge in [0.25, 0.3) is 11.8 Å². The molecule has 2 amide bonds. The quantitative estimate of drug-likeness (QED) is 0.192. The molecule has 2 aliphatic heterocycles. The lowest BCUT2D eigenvalue weighted by atomic mass is 9.91. The second-order valence-corrected chi connectivity index (χ2v) is 12.6. The molecule has 3 N–H and O–H groups in total. The van der Waals surface area contributed by atoms with E-state index in [1.54, 1.807) is 0 Å². The predicted molar refractivity (Wildman–Crippen MR) is 168 cm³/mol. The lowest BCUT2D eigenvalue weighted by Crippen LogP contribution is -2.62. The Kier molecular flexibility index (Phi) is 10.1. The number of amides is 2. The van der Waals surface area contributed by atoms with Crippen molar-refractivity contribution in [3.8, 4) is 17.6 Å². The molecule has 15 heteroatoms. The van der Waals surface area contributed by atoms with Gasteiger partial charge in [-0.05, 0) is 37.0 Å². The number of methoxy groups -OCH3 is 1. The summed E-state index contributed by atoms with van der Waals surface area (Å²) in [6.07, 6.45) is -1.88. The maximum atomic E-state index is 14.6. The minimum atomic E-state index is -4.52. The second kappa shape index (κ2) is 13.9. The minimum Gasteiger partial charge on any atom is -0.495 e. The van der Waals surface area contributed by atoms with Gasteiger partial charge < -0.3 is 30.0 Å². The normalized spacial score (nSPS) is 21.6. The fraction of sp³-hybridized carbons (Fsp3) is 0.469. The van der Waals surface area contributed by atoms with Crippen LogP contribution in [0.25, 0.3) is 11.0 Å². The average Bonchev–Trinajstić information content (AvgIpc) is 3.70. The summed E-state index contributed by atoms with van der Waals surface area (Å²) in [6.45, 7) is 3.61. The van der Waals surface area contributed by atoms with Gasteiger partial charge in [-0.25, -0.2) is 9.37 Å². The van der Waals surface area contributed by atoms with Crippen LogP contribution in [0.1, 0.15) is 46.0 Å². The highest BCUT2D eigenvalue weighted by Gasteiger charge is 2.40. The molecule has 3 heterocycles. The minimum absolute atomic E-state index is 0.0112. The maximum Gasteiger partial charge on any atom is 0.406 e. The molecule has 1 aromatic heterocycles. The van der Waals surface area contributed by atoms with Crippen molar-refractivity contribution in [2.45, 2.75) is 43.7 Å². The number of aromatic nitrogens is 2. The number of rotatable bonds is 8. The lowest BCUT2D eigenvalue weighted by molar-refractivity contribution is -0.140. The Labute approximate surface area is 273 Å².